The number of halogens is 7. The fourth-order valence-electron chi connectivity index (χ4n) is 2.78. The van der Waals surface area contributed by atoms with Crippen molar-refractivity contribution < 1.29 is 34.8 Å². The fourth-order valence-corrected chi connectivity index (χ4v) is 4.06. The topological polar surface area (TPSA) is 49.9 Å². The molecular formula is C18H10ClF6NO2S. The summed E-state index contributed by atoms with van der Waals surface area (Å²) in [6.07, 6.45) is -5.15. The van der Waals surface area contributed by atoms with Crippen LogP contribution in [0.2, 0.25) is 5.02 Å². The van der Waals surface area contributed by atoms with Gasteiger partial charge in [-0.05, 0) is 23.3 Å². The molecule has 0 bridgehead atoms. The summed E-state index contributed by atoms with van der Waals surface area (Å²) in [5.41, 5.74) is -9.88. The monoisotopic (exact) mass is 453 g/mol. The van der Waals surface area contributed by atoms with E-state index >= 15 is 0 Å². The first-order chi connectivity index (χ1) is 13.3. The van der Waals surface area contributed by atoms with Crippen LogP contribution in [-0.2, 0) is 16.0 Å². The number of alkyl halides is 6. The number of sulfone groups is 1. The van der Waals surface area contributed by atoms with E-state index in [4.69, 9.17) is 11.6 Å². The van der Waals surface area contributed by atoms with E-state index in [9.17, 15) is 34.8 Å². The molecule has 0 radical (unpaired) electrons. The molecule has 29 heavy (non-hydrogen) atoms. The number of rotatable bonds is 3. The predicted molar refractivity (Wildman–Crippen MR) is 94.9 cm³/mol. The van der Waals surface area contributed by atoms with E-state index in [0.29, 0.717) is 0 Å². The summed E-state index contributed by atoms with van der Waals surface area (Å²) in [4.78, 5) is 0.361. The Bertz CT molecular complexity index is 1130. The third-order valence-electron chi connectivity index (χ3n) is 4.01. The summed E-state index contributed by atoms with van der Waals surface area (Å²) in [6.45, 7) is 0. The standard InChI is InChI=1S/C18H10ClF6NO2S/c19-12-8-6-11(7-9-12)14-15(29(27,28)18(23,24)25)13(10-4-2-1-3-5-10)16(26-14)17(20,21)22/h1-9,26H. The molecule has 0 atom stereocenters. The van der Waals surface area contributed by atoms with Gasteiger partial charge in [-0.2, -0.15) is 26.3 Å². The van der Waals surface area contributed by atoms with Crippen molar-refractivity contribution in [2.24, 2.45) is 0 Å². The Labute approximate surface area is 165 Å². The van der Waals surface area contributed by atoms with Crippen molar-refractivity contribution in [2.45, 2.75) is 16.6 Å². The van der Waals surface area contributed by atoms with Crippen LogP contribution < -0.4 is 0 Å². The lowest BCUT2D eigenvalue weighted by molar-refractivity contribution is -0.140. The molecule has 0 aliphatic rings. The second kappa shape index (κ2) is 7.10. The van der Waals surface area contributed by atoms with Crippen LogP contribution in [-0.4, -0.2) is 18.9 Å². The lowest BCUT2D eigenvalue weighted by Gasteiger charge is -2.13. The number of hydrogen-bond donors (Lipinski definition) is 1. The van der Waals surface area contributed by atoms with Gasteiger partial charge in [0.2, 0.25) is 0 Å². The largest absolute Gasteiger partial charge is 0.502 e. The summed E-state index contributed by atoms with van der Waals surface area (Å²) in [5.74, 6) is 0. The van der Waals surface area contributed by atoms with Gasteiger partial charge in [-0.3, -0.25) is 0 Å². The molecule has 3 nitrogen and oxygen atoms in total. The average Bonchev–Trinajstić information content (AvgIpc) is 3.04. The molecule has 0 saturated heterocycles. The van der Waals surface area contributed by atoms with Crippen molar-refractivity contribution in [1.29, 1.82) is 0 Å². The first-order valence-corrected chi connectivity index (χ1v) is 9.66. The molecule has 0 saturated carbocycles. The van der Waals surface area contributed by atoms with E-state index in [2.05, 4.69) is 0 Å². The minimum atomic E-state index is -6.15. The maximum Gasteiger partial charge on any atom is 0.502 e. The van der Waals surface area contributed by atoms with Crippen LogP contribution in [0.3, 0.4) is 0 Å². The van der Waals surface area contributed by atoms with Crippen LogP contribution >= 0.6 is 11.6 Å². The van der Waals surface area contributed by atoms with E-state index in [1.807, 2.05) is 4.98 Å². The first kappa shape index (κ1) is 21.3. The van der Waals surface area contributed by atoms with Crippen molar-refractivity contribution in [3.05, 3.63) is 65.3 Å². The van der Waals surface area contributed by atoms with Gasteiger partial charge in [0.25, 0.3) is 9.84 Å². The van der Waals surface area contributed by atoms with Crippen molar-refractivity contribution in [1.82, 2.24) is 4.98 Å². The molecule has 0 unspecified atom stereocenters. The molecule has 2 aromatic carbocycles. The number of hydrogen-bond acceptors (Lipinski definition) is 2. The highest BCUT2D eigenvalue weighted by Gasteiger charge is 2.52. The third-order valence-corrected chi connectivity index (χ3v) is 5.81. The van der Waals surface area contributed by atoms with Gasteiger partial charge in [0.15, 0.2) is 0 Å². The molecular weight excluding hydrogens is 444 g/mol. The smallest absolute Gasteiger partial charge is 0.349 e. The zero-order chi connectivity index (χ0) is 21.6. The van der Waals surface area contributed by atoms with E-state index in [0.717, 1.165) is 24.3 Å². The van der Waals surface area contributed by atoms with Gasteiger partial charge in [0.1, 0.15) is 10.6 Å². The Morgan fingerprint density at radius 3 is 1.83 bits per heavy atom. The molecule has 0 aliphatic carbocycles. The Morgan fingerprint density at radius 2 is 1.34 bits per heavy atom. The molecule has 11 heteroatoms. The second-order valence-electron chi connectivity index (χ2n) is 5.90. The van der Waals surface area contributed by atoms with Gasteiger partial charge in [-0.25, -0.2) is 8.42 Å². The first-order valence-electron chi connectivity index (χ1n) is 7.80. The van der Waals surface area contributed by atoms with Gasteiger partial charge in [0.05, 0.1) is 5.69 Å². The van der Waals surface area contributed by atoms with Gasteiger partial charge >= 0.3 is 11.7 Å². The Kier molecular flexibility index (Phi) is 5.20. The minimum absolute atomic E-state index is 0.167. The van der Waals surface area contributed by atoms with Gasteiger partial charge < -0.3 is 4.98 Å². The quantitative estimate of drug-likeness (QED) is 0.472. The average molecular weight is 454 g/mol. The van der Waals surface area contributed by atoms with Gasteiger partial charge in [-0.1, -0.05) is 54.1 Å². The highest BCUT2D eigenvalue weighted by molar-refractivity contribution is 7.92. The second-order valence-corrected chi connectivity index (χ2v) is 8.21. The normalized spacial score (nSPS) is 12.9. The molecule has 3 aromatic rings. The maximum absolute atomic E-state index is 13.7. The van der Waals surface area contributed by atoms with Crippen LogP contribution in [0.1, 0.15) is 5.69 Å². The van der Waals surface area contributed by atoms with Crippen LogP contribution in [0.25, 0.3) is 22.4 Å². The van der Waals surface area contributed by atoms with Gasteiger partial charge in [0, 0.05) is 10.6 Å². The van der Waals surface area contributed by atoms with Crippen LogP contribution in [0.15, 0.2) is 59.5 Å². The van der Waals surface area contributed by atoms with E-state index in [-0.39, 0.29) is 16.1 Å². The lowest BCUT2D eigenvalue weighted by Crippen LogP contribution is -2.24. The molecule has 0 spiro atoms. The number of nitrogens with one attached hydrogen (secondary N) is 1. The molecule has 1 aromatic heterocycles. The Morgan fingerprint density at radius 1 is 0.793 bits per heavy atom. The zero-order valence-corrected chi connectivity index (χ0v) is 15.6. The van der Waals surface area contributed by atoms with Crippen molar-refractivity contribution >= 4 is 21.4 Å². The summed E-state index contributed by atoms with van der Waals surface area (Å²) in [5, 5.41) is 0.167. The molecule has 154 valence electrons. The number of aromatic amines is 1. The molecule has 0 aliphatic heterocycles. The van der Waals surface area contributed by atoms with E-state index in [1.54, 1.807) is 0 Å². The zero-order valence-electron chi connectivity index (χ0n) is 14.1. The summed E-state index contributed by atoms with van der Waals surface area (Å²) in [7, 11) is -6.15. The number of H-pyrrole nitrogens is 1. The number of benzene rings is 2. The minimum Gasteiger partial charge on any atom is -0.349 e. The predicted octanol–water partition coefficient (Wildman–Crippen LogP) is 6.31. The maximum atomic E-state index is 13.7. The summed E-state index contributed by atoms with van der Waals surface area (Å²) >= 11 is 5.72. The van der Waals surface area contributed by atoms with Crippen molar-refractivity contribution in [3.63, 3.8) is 0 Å². The highest BCUT2D eigenvalue weighted by Crippen LogP contribution is 2.48. The number of aromatic nitrogens is 1. The van der Waals surface area contributed by atoms with E-state index < -0.39 is 43.4 Å². The fraction of sp³-hybridized carbons (Fsp3) is 0.111. The molecule has 3 rings (SSSR count). The molecule has 1 N–H and O–H groups in total. The molecule has 1 heterocycles. The van der Waals surface area contributed by atoms with Crippen molar-refractivity contribution in [3.8, 4) is 22.4 Å². The Balaban J connectivity index is 2.50. The lowest BCUT2D eigenvalue weighted by atomic mass is 10.0. The van der Waals surface area contributed by atoms with Gasteiger partial charge in [-0.15, -0.1) is 0 Å². The highest BCUT2D eigenvalue weighted by atomic mass is 35.5. The third kappa shape index (κ3) is 3.86. The van der Waals surface area contributed by atoms with Crippen LogP contribution in [0, 0.1) is 0 Å². The SMILES string of the molecule is O=S(=O)(c1c(-c2ccc(Cl)cc2)[nH]c(C(F)(F)F)c1-c1ccccc1)C(F)(F)F. The van der Waals surface area contributed by atoms with Crippen LogP contribution in [0.4, 0.5) is 26.3 Å². The molecule has 0 fully saturated rings. The molecule has 0 amide bonds. The van der Waals surface area contributed by atoms with Crippen LogP contribution in [0.5, 0.6) is 0 Å². The Hall–Kier alpha value is -2.46. The van der Waals surface area contributed by atoms with E-state index in [1.165, 1.54) is 30.3 Å². The summed E-state index contributed by atoms with van der Waals surface area (Å²) < 4.78 is 106. The summed E-state index contributed by atoms with van der Waals surface area (Å²) in [6, 6.07) is 10.9. The van der Waals surface area contributed by atoms with Crippen molar-refractivity contribution in [2.75, 3.05) is 0 Å².